The van der Waals surface area contributed by atoms with Gasteiger partial charge in [0.15, 0.2) is 6.19 Å². The van der Waals surface area contributed by atoms with Gasteiger partial charge in [0.1, 0.15) is 5.54 Å². The highest BCUT2D eigenvalue weighted by Crippen LogP contribution is 2.30. The lowest BCUT2D eigenvalue weighted by atomic mass is 9.88. The fraction of sp³-hybridized carbons (Fsp3) is 0.263. The van der Waals surface area contributed by atoms with E-state index in [0.29, 0.717) is 26.2 Å². The Kier molecular flexibility index (Phi) is 4.28. The number of nitrogens with zero attached hydrogens (tertiary/aromatic N) is 4. The topological polar surface area (TPSA) is 54.1 Å². The molecule has 4 nitrogen and oxygen atoms in total. The van der Waals surface area contributed by atoms with Crippen molar-refractivity contribution in [3.05, 3.63) is 71.8 Å². The molecule has 1 aliphatic rings. The zero-order valence-corrected chi connectivity index (χ0v) is 12.9. The molecule has 2 aromatic rings. The highest BCUT2D eigenvalue weighted by Gasteiger charge is 2.48. The molecule has 3 rings (SSSR count). The molecule has 0 N–H and O–H groups in total. The summed E-state index contributed by atoms with van der Waals surface area (Å²) in [6.45, 7) is 2.34. The number of rotatable bonds is 5. The summed E-state index contributed by atoms with van der Waals surface area (Å²) in [5.41, 5.74) is 1.75. The molecule has 23 heavy (non-hydrogen) atoms. The molecule has 0 atom stereocenters. The van der Waals surface area contributed by atoms with Crippen molar-refractivity contribution >= 4 is 0 Å². The van der Waals surface area contributed by atoms with Crippen LogP contribution in [0.1, 0.15) is 11.1 Å². The van der Waals surface area contributed by atoms with E-state index in [0.717, 1.165) is 0 Å². The Labute approximate surface area is 136 Å². The predicted molar refractivity (Wildman–Crippen MR) is 87.7 cm³/mol. The highest BCUT2D eigenvalue weighted by molar-refractivity contribution is 5.25. The van der Waals surface area contributed by atoms with Crippen LogP contribution >= 0.6 is 0 Å². The van der Waals surface area contributed by atoms with Crippen LogP contribution in [-0.4, -0.2) is 28.4 Å². The van der Waals surface area contributed by atoms with E-state index < -0.39 is 5.54 Å². The van der Waals surface area contributed by atoms with E-state index in [4.69, 9.17) is 5.26 Å². The second-order valence-electron chi connectivity index (χ2n) is 5.93. The van der Waals surface area contributed by atoms with E-state index in [-0.39, 0.29) is 0 Å². The Bertz CT molecular complexity index is 680. The summed E-state index contributed by atoms with van der Waals surface area (Å²) in [6.07, 6.45) is 2.13. The molecule has 1 fully saturated rings. The summed E-state index contributed by atoms with van der Waals surface area (Å²) in [7, 11) is 0. The largest absolute Gasteiger partial charge is 0.305 e. The normalized spacial score (nSPS) is 15.5. The lowest BCUT2D eigenvalue weighted by Gasteiger charge is -2.49. The quantitative estimate of drug-likeness (QED) is 0.797. The molecule has 0 spiro atoms. The van der Waals surface area contributed by atoms with Gasteiger partial charge in [0.25, 0.3) is 0 Å². The van der Waals surface area contributed by atoms with Crippen LogP contribution in [0, 0.1) is 22.8 Å². The van der Waals surface area contributed by atoms with Crippen LogP contribution in [0.25, 0.3) is 0 Å². The van der Waals surface area contributed by atoms with E-state index in [2.05, 4.69) is 41.4 Å². The Morgan fingerprint density at radius 2 is 1.35 bits per heavy atom. The molecular weight excluding hydrogens is 284 g/mol. The maximum Gasteiger partial charge on any atom is 0.179 e. The molecule has 0 radical (unpaired) electrons. The number of hydrogen-bond acceptors (Lipinski definition) is 4. The van der Waals surface area contributed by atoms with E-state index >= 15 is 0 Å². The first-order valence-electron chi connectivity index (χ1n) is 7.64. The van der Waals surface area contributed by atoms with Gasteiger partial charge in [-0.25, -0.2) is 0 Å². The van der Waals surface area contributed by atoms with Crippen molar-refractivity contribution in [2.24, 2.45) is 0 Å². The van der Waals surface area contributed by atoms with Crippen LogP contribution in [0.2, 0.25) is 0 Å². The highest BCUT2D eigenvalue weighted by atomic mass is 15.3. The van der Waals surface area contributed by atoms with Crippen molar-refractivity contribution in [2.75, 3.05) is 13.1 Å². The smallest absolute Gasteiger partial charge is 0.179 e. The summed E-state index contributed by atoms with van der Waals surface area (Å²) in [5, 5.41) is 18.8. The van der Waals surface area contributed by atoms with Gasteiger partial charge in [-0.3, -0.25) is 4.90 Å². The van der Waals surface area contributed by atoms with Gasteiger partial charge in [-0.1, -0.05) is 60.7 Å². The van der Waals surface area contributed by atoms with Crippen molar-refractivity contribution in [3.63, 3.8) is 0 Å². The number of likely N-dealkylation sites (tertiary alicyclic amines) is 1. The first kappa shape index (κ1) is 15.1. The molecule has 1 aliphatic heterocycles. The molecule has 0 unspecified atom stereocenters. The van der Waals surface area contributed by atoms with Gasteiger partial charge < -0.3 is 4.90 Å². The fourth-order valence-electron chi connectivity index (χ4n) is 2.96. The second-order valence-corrected chi connectivity index (χ2v) is 5.93. The average molecular weight is 302 g/mol. The SMILES string of the molecule is N#CN1CC(C#N)(N(Cc2ccccc2)Cc2ccccc2)C1. The monoisotopic (exact) mass is 302 g/mol. The number of benzene rings is 2. The lowest BCUT2D eigenvalue weighted by molar-refractivity contribution is 0.00434. The maximum atomic E-state index is 9.75. The molecule has 4 heteroatoms. The zero-order valence-electron chi connectivity index (χ0n) is 12.9. The second kappa shape index (κ2) is 6.52. The molecular formula is C19H18N4. The molecule has 0 bridgehead atoms. The summed E-state index contributed by atoms with van der Waals surface area (Å²) in [4.78, 5) is 3.82. The predicted octanol–water partition coefficient (Wildman–Crippen LogP) is 2.75. The van der Waals surface area contributed by atoms with Crippen molar-refractivity contribution in [3.8, 4) is 12.3 Å². The standard InChI is InChI=1S/C19H18N4/c20-13-19(14-22(15-19)16-21)23(11-17-7-3-1-4-8-17)12-18-9-5-2-6-10-18/h1-10H,11-12,14-15H2. The van der Waals surface area contributed by atoms with E-state index in [1.54, 1.807) is 4.90 Å². The molecule has 2 aromatic carbocycles. The molecule has 0 aliphatic carbocycles. The van der Waals surface area contributed by atoms with Crippen molar-refractivity contribution < 1.29 is 0 Å². The van der Waals surface area contributed by atoms with Crippen LogP contribution in [0.5, 0.6) is 0 Å². The van der Waals surface area contributed by atoms with Crippen molar-refractivity contribution in [1.29, 1.82) is 10.5 Å². The average Bonchev–Trinajstić information content (AvgIpc) is 2.56. The van der Waals surface area contributed by atoms with Crippen molar-refractivity contribution in [1.82, 2.24) is 9.80 Å². The minimum Gasteiger partial charge on any atom is -0.305 e. The van der Waals surface area contributed by atoms with Crippen LogP contribution in [0.15, 0.2) is 60.7 Å². The molecule has 1 saturated heterocycles. The third kappa shape index (κ3) is 3.18. The van der Waals surface area contributed by atoms with E-state index in [1.165, 1.54) is 11.1 Å². The lowest BCUT2D eigenvalue weighted by Crippen LogP contribution is -2.67. The third-order valence-electron chi connectivity index (χ3n) is 4.29. The van der Waals surface area contributed by atoms with E-state index in [1.807, 2.05) is 36.4 Å². The summed E-state index contributed by atoms with van der Waals surface area (Å²) < 4.78 is 0. The summed E-state index contributed by atoms with van der Waals surface area (Å²) >= 11 is 0. The van der Waals surface area contributed by atoms with Gasteiger partial charge in [-0.2, -0.15) is 10.5 Å². The Balaban J connectivity index is 1.84. The molecule has 1 heterocycles. The Morgan fingerprint density at radius 3 is 1.74 bits per heavy atom. The minimum absolute atomic E-state index is 0.472. The van der Waals surface area contributed by atoms with Crippen LogP contribution in [-0.2, 0) is 13.1 Å². The summed E-state index contributed by atoms with van der Waals surface area (Å²) in [5.74, 6) is 0. The van der Waals surface area contributed by atoms with Gasteiger partial charge in [0.05, 0.1) is 19.2 Å². The molecule has 0 aromatic heterocycles. The molecule has 114 valence electrons. The van der Waals surface area contributed by atoms with Gasteiger partial charge in [-0.05, 0) is 11.1 Å². The van der Waals surface area contributed by atoms with Gasteiger partial charge >= 0.3 is 0 Å². The number of nitriles is 2. The Morgan fingerprint density at radius 1 is 0.870 bits per heavy atom. The molecule has 0 saturated carbocycles. The summed E-state index contributed by atoms with van der Waals surface area (Å²) in [6, 6.07) is 22.8. The maximum absolute atomic E-state index is 9.75. The minimum atomic E-state index is -0.596. The zero-order chi connectivity index (χ0) is 16.1. The van der Waals surface area contributed by atoms with Gasteiger partial charge in [0.2, 0.25) is 0 Å². The Hall–Kier alpha value is -2.82. The first-order valence-corrected chi connectivity index (χ1v) is 7.64. The van der Waals surface area contributed by atoms with Crippen LogP contribution in [0.3, 0.4) is 0 Å². The van der Waals surface area contributed by atoms with Crippen LogP contribution in [0.4, 0.5) is 0 Å². The first-order chi connectivity index (χ1) is 11.3. The van der Waals surface area contributed by atoms with E-state index in [9.17, 15) is 5.26 Å². The van der Waals surface area contributed by atoms with Crippen LogP contribution < -0.4 is 0 Å². The molecule has 0 amide bonds. The van der Waals surface area contributed by atoms with Gasteiger partial charge in [-0.15, -0.1) is 0 Å². The van der Waals surface area contributed by atoms with Gasteiger partial charge in [0, 0.05) is 13.1 Å². The number of hydrogen-bond donors (Lipinski definition) is 0. The fourth-order valence-corrected chi connectivity index (χ4v) is 2.96. The third-order valence-corrected chi connectivity index (χ3v) is 4.29. The van der Waals surface area contributed by atoms with Crippen molar-refractivity contribution in [2.45, 2.75) is 18.6 Å².